The van der Waals surface area contributed by atoms with Gasteiger partial charge < -0.3 is 15.0 Å². The predicted octanol–water partition coefficient (Wildman–Crippen LogP) is 5.79. The van der Waals surface area contributed by atoms with Gasteiger partial charge in [0.15, 0.2) is 5.82 Å². The van der Waals surface area contributed by atoms with Crippen molar-refractivity contribution in [1.82, 2.24) is 20.2 Å². The lowest BCUT2D eigenvalue weighted by Gasteiger charge is -2.36. The Morgan fingerprint density at radius 1 is 1.26 bits per heavy atom. The molecule has 2 bridgehead atoms. The van der Waals surface area contributed by atoms with Crippen molar-refractivity contribution in [1.29, 1.82) is 0 Å². The Balaban J connectivity index is 0.00000133. The summed E-state index contributed by atoms with van der Waals surface area (Å²) < 4.78 is 21.7. The average Bonchev–Trinajstić information content (AvgIpc) is 3.38. The Kier molecular flexibility index (Phi) is 8.22. The highest BCUT2D eigenvalue weighted by atomic mass is 79.9. The van der Waals surface area contributed by atoms with Gasteiger partial charge in [-0.1, -0.05) is 38.8 Å². The number of rotatable bonds is 6. The molecular weight excluding hydrogens is 521 g/mol. The van der Waals surface area contributed by atoms with Crippen molar-refractivity contribution in [2.75, 3.05) is 38.2 Å². The molecule has 0 radical (unpaired) electrons. The topological polar surface area (TPSA) is 53.5 Å². The van der Waals surface area contributed by atoms with Crippen LogP contribution in [-0.4, -0.2) is 65.8 Å². The first-order chi connectivity index (χ1) is 16.4. The maximum atomic E-state index is 15.2. The molecule has 3 aliphatic rings. The Morgan fingerprint density at radius 2 is 1.97 bits per heavy atom. The Morgan fingerprint density at radius 3 is 2.59 bits per heavy atom. The van der Waals surface area contributed by atoms with Crippen molar-refractivity contribution in [2.45, 2.75) is 76.9 Å². The Labute approximate surface area is 215 Å². The number of fused-ring (bicyclic) bond motifs is 3. The lowest BCUT2D eigenvalue weighted by Crippen LogP contribution is -2.51. The highest BCUT2D eigenvalue weighted by molar-refractivity contribution is 9.10. The summed E-state index contributed by atoms with van der Waals surface area (Å²) in [7, 11) is 2.16. The lowest BCUT2D eigenvalue weighted by atomic mass is 9.92. The molecule has 0 aliphatic carbocycles. The summed E-state index contributed by atoms with van der Waals surface area (Å²) in [6, 6.07) is 2.86. The molecule has 0 amide bonds. The first-order valence-corrected chi connectivity index (χ1v) is 13.8. The minimum atomic E-state index is -0.472. The predicted molar refractivity (Wildman–Crippen MR) is 141 cm³/mol. The Hall–Kier alpha value is -1.22. The monoisotopic (exact) mass is 555 g/mol. The molecule has 6 nitrogen and oxygen atoms in total. The third-order valence-corrected chi connectivity index (χ3v) is 8.73. The summed E-state index contributed by atoms with van der Waals surface area (Å²) in [5.74, 6) is 0.237. The van der Waals surface area contributed by atoms with Crippen molar-refractivity contribution < 1.29 is 9.13 Å². The quantitative estimate of drug-likeness (QED) is 0.454. The highest BCUT2D eigenvalue weighted by Gasteiger charge is 2.39. The van der Waals surface area contributed by atoms with E-state index in [1.54, 1.807) is 6.07 Å². The normalized spacial score (nSPS) is 26.6. The van der Waals surface area contributed by atoms with Gasteiger partial charge in [-0.15, -0.1) is 0 Å². The maximum absolute atomic E-state index is 15.2. The largest absolute Gasteiger partial charge is 0.461 e. The molecule has 34 heavy (non-hydrogen) atoms. The van der Waals surface area contributed by atoms with Gasteiger partial charge in [0.1, 0.15) is 17.9 Å². The van der Waals surface area contributed by atoms with Gasteiger partial charge in [-0.3, -0.25) is 4.90 Å². The molecular formula is C25H36BrClFN5O. The van der Waals surface area contributed by atoms with Crippen LogP contribution < -0.4 is 15.0 Å². The fourth-order valence-electron chi connectivity index (χ4n) is 5.72. The van der Waals surface area contributed by atoms with Gasteiger partial charge >= 0.3 is 6.01 Å². The zero-order chi connectivity index (χ0) is 24.5. The van der Waals surface area contributed by atoms with E-state index in [9.17, 15) is 0 Å². The molecule has 4 heterocycles. The number of hydrogen-bond acceptors (Lipinski definition) is 6. The number of hydrogen-bond donors (Lipinski definition) is 1. The number of benzene rings is 1. The maximum Gasteiger partial charge on any atom is 0.319 e. The van der Waals surface area contributed by atoms with E-state index in [0.29, 0.717) is 34.9 Å². The summed E-state index contributed by atoms with van der Waals surface area (Å²) in [6.45, 7) is 9.44. The fourth-order valence-corrected chi connectivity index (χ4v) is 6.21. The van der Waals surface area contributed by atoms with Crippen LogP contribution in [0.4, 0.5) is 10.2 Å². The third kappa shape index (κ3) is 4.88. The fraction of sp³-hybridized carbons (Fsp3) is 0.680. The minimum Gasteiger partial charge on any atom is -0.461 e. The molecule has 9 heteroatoms. The van der Waals surface area contributed by atoms with Crippen LogP contribution in [0.25, 0.3) is 10.9 Å². The molecule has 0 saturated carbocycles. The lowest BCUT2D eigenvalue weighted by molar-refractivity contribution is 0.0828. The first-order valence-electron chi connectivity index (χ1n) is 12.6. The van der Waals surface area contributed by atoms with E-state index < -0.39 is 5.82 Å². The van der Waals surface area contributed by atoms with Crippen LogP contribution >= 0.6 is 27.5 Å². The van der Waals surface area contributed by atoms with Crippen LogP contribution in [0.1, 0.15) is 59.3 Å². The van der Waals surface area contributed by atoms with E-state index in [1.165, 1.54) is 0 Å². The second kappa shape index (κ2) is 10.8. The number of anilines is 1. The number of piperazine rings is 1. The molecule has 3 aliphatic heterocycles. The van der Waals surface area contributed by atoms with Gasteiger partial charge in [-0.25, -0.2) is 4.39 Å². The van der Waals surface area contributed by atoms with E-state index in [1.807, 2.05) is 13.8 Å². The van der Waals surface area contributed by atoms with Gasteiger partial charge in [0.05, 0.1) is 15.0 Å². The molecule has 188 valence electrons. The first kappa shape index (κ1) is 25.9. The van der Waals surface area contributed by atoms with Crippen molar-refractivity contribution in [3.63, 3.8) is 0 Å². The SMILES string of the molecule is CC.CCCC1(COc2nc(N3CC4CCC(C3)N4)c3cc(Cl)c(Br)c(F)c3n2)CCCN1C. The molecule has 2 aromatic rings. The summed E-state index contributed by atoms with van der Waals surface area (Å²) >= 11 is 9.59. The summed E-state index contributed by atoms with van der Waals surface area (Å²) in [4.78, 5) is 14.0. The number of halogens is 3. The smallest absolute Gasteiger partial charge is 0.319 e. The number of likely N-dealkylation sites (N-methyl/N-ethyl adjacent to an activating group) is 1. The van der Waals surface area contributed by atoms with Gasteiger partial charge in [-0.05, 0) is 67.7 Å². The van der Waals surface area contributed by atoms with Gasteiger partial charge in [-0.2, -0.15) is 9.97 Å². The molecule has 0 spiro atoms. The molecule has 5 rings (SSSR count). The standard InChI is InChI=1S/C23H30BrClFN5O.C2H6/c1-3-7-23(8-4-9-30(23)2)13-32-22-28-20-16(10-17(25)18(24)19(20)26)21(29-22)31-11-14-5-6-15(12-31)27-14;1-2/h10,14-15,27H,3-9,11-13H2,1-2H3;1-2H3. The van der Waals surface area contributed by atoms with Crippen LogP contribution in [0.3, 0.4) is 0 Å². The average molecular weight is 557 g/mol. The van der Waals surface area contributed by atoms with E-state index >= 15 is 4.39 Å². The number of nitrogens with one attached hydrogen (secondary N) is 1. The Bertz CT molecular complexity index is 1010. The zero-order valence-electron chi connectivity index (χ0n) is 20.6. The molecule has 3 atom stereocenters. The number of nitrogens with zero attached hydrogens (tertiary/aromatic N) is 4. The third-order valence-electron chi connectivity index (χ3n) is 7.43. The van der Waals surface area contributed by atoms with Gasteiger partial charge in [0.25, 0.3) is 0 Å². The number of likely N-dealkylation sites (tertiary alicyclic amines) is 1. The van der Waals surface area contributed by atoms with Gasteiger partial charge in [0, 0.05) is 30.6 Å². The molecule has 3 saturated heterocycles. The number of ether oxygens (including phenoxy) is 1. The molecule has 1 N–H and O–H groups in total. The molecule has 1 aromatic carbocycles. The summed E-state index contributed by atoms with van der Waals surface area (Å²) in [5, 5.41) is 4.59. The van der Waals surface area contributed by atoms with Crippen LogP contribution in [-0.2, 0) is 0 Å². The second-order valence-electron chi connectivity index (χ2n) is 9.54. The van der Waals surface area contributed by atoms with Crippen molar-refractivity contribution in [3.8, 4) is 6.01 Å². The molecule has 3 unspecified atom stereocenters. The van der Waals surface area contributed by atoms with Crippen LogP contribution in [0, 0.1) is 5.82 Å². The van der Waals surface area contributed by atoms with Crippen molar-refractivity contribution in [3.05, 3.63) is 21.4 Å². The van der Waals surface area contributed by atoms with Crippen LogP contribution in [0.2, 0.25) is 5.02 Å². The summed E-state index contributed by atoms with van der Waals surface area (Å²) in [5.41, 5.74) is 0.233. The summed E-state index contributed by atoms with van der Waals surface area (Å²) in [6.07, 6.45) is 6.70. The van der Waals surface area contributed by atoms with Crippen molar-refractivity contribution >= 4 is 44.3 Å². The second-order valence-corrected chi connectivity index (χ2v) is 10.7. The molecule has 3 fully saturated rings. The highest BCUT2D eigenvalue weighted by Crippen LogP contribution is 2.38. The van der Waals surface area contributed by atoms with E-state index in [2.05, 4.69) is 50.0 Å². The van der Waals surface area contributed by atoms with E-state index in [0.717, 1.165) is 58.2 Å². The van der Waals surface area contributed by atoms with Gasteiger partial charge in [0.2, 0.25) is 0 Å². The number of aromatic nitrogens is 2. The van der Waals surface area contributed by atoms with Crippen molar-refractivity contribution in [2.24, 2.45) is 0 Å². The molecule has 1 aromatic heterocycles. The minimum absolute atomic E-state index is 0.0134. The van der Waals surface area contributed by atoms with E-state index in [-0.39, 0.29) is 21.5 Å². The van der Waals surface area contributed by atoms with E-state index in [4.69, 9.17) is 21.3 Å². The van der Waals surface area contributed by atoms with Crippen LogP contribution in [0.5, 0.6) is 6.01 Å². The zero-order valence-corrected chi connectivity index (χ0v) is 23.0. The van der Waals surface area contributed by atoms with Crippen LogP contribution in [0.15, 0.2) is 10.5 Å².